The third-order valence-electron chi connectivity index (χ3n) is 4.24. The zero-order valence-electron chi connectivity index (χ0n) is 11.9. The highest BCUT2D eigenvalue weighted by atomic mass is 16.5. The van der Waals surface area contributed by atoms with Crippen molar-refractivity contribution in [1.82, 2.24) is 10.2 Å². The summed E-state index contributed by atoms with van der Waals surface area (Å²) >= 11 is 0. The molecule has 1 N–H and O–H groups in total. The van der Waals surface area contributed by atoms with Gasteiger partial charge in [-0.1, -0.05) is 20.3 Å². The predicted molar refractivity (Wildman–Crippen MR) is 71.6 cm³/mol. The maximum atomic E-state index is 12.6. The van der Waals surface area contributed by atoms with Gasteiger partial charge in [0.15, 0.2) is 0 Å². The molecule has 2 fully saturated rings. The largest absolute Gasteiger partial charge is 0.379 e. The molecule has 2 aliphatic rings. The molecule has 0 radical (unpaired) electrons. The van der Waals surface area contributed by atoms with Gasteiger partial charge in [-0.25, -0.2) is 0 Å². The number of hydrogen-bond donors (Lipinski definition) is 1. The molecule has 5 heteroatoms. The van der Waals surface area contributed by atoms with Crippen LogP contribution in [0.2, 0.25) is 0 Å². The van der Waals surface area contributed by atoms with Gasteiger partial charge in [-0.2, -0.15) is 0 Å². The summed E-state index contributed by atoms with van der Waals surface area (Å²) in [7, 11) is 0. The van der Waals surface area contributed by atoms with Crippen molar-refractivity contribution >= 4 is 11.8 Å². The molecular weight excluding hydrogens is 244 g/mol. The van der Waals surface area contributed by atoms with E-state index >= 15 is 0 Å². The van der Waals surface area contributed by atoms with Crippen LogP contribution in [0.5, 0.6) is 0 Å². The molecule has 0 aromatic carbocycles. The van der Waals surface area contributed by atoms with E-state index in [-0.39, 0.29) is 29.8 Å². The SMILES string of the molecule is CCC(C)C1NC(=O)CCN(C2CCCOC2)C1=O. The summed E-state index contributed by atoms with van der Waals surface area (Å²) in [4.78, 5) is 26.3. The van der Waals surface area contributed by atoms with Crippen molar-refractivity contribution in [2.24, 2.45) is 5.92 Å². The summed E-state index contributed by atoms with van der Waals surface area (Å²) in [6.07, 6.45) is 3.25. The van der Waals surface area contributed by atoms with E-state index in [9.17, 15) is 9.59 Å². The number of carbonyl (C=O) groups excluding carboxylic acids is 2. The molecule has 0 bridgehead atoms. The lowest BCUT2D eigenvalue weighted by Crippen LogP contribution is -2.52. The third kappa shape index (κ3) is 3.26. The molecule has 19 heavy (non-hydrogen) atoms. The zero-order chi connectivity index (χ0) is 13.8. The van der Waals surface area contributed by atoms with Crippen molar-refractivity contribution < 1.29 is 14.3 Å². The minimum Gasteiger partial charge on any atom is -0.379 e. The Morgan fingerprint density at radius 1 is 1.47 bits per heavy atom. The van der Waals surface area contributed by atoms with E-state index in [4.69, 9.17) is 4.74 Å². The van der Waals surface area contributed by atoms with Crippen LogP contribution in [0.3, 0.4) is 0 Å². The average Bonchev–Trinajstić information content (AvgIpc) is 2.59. The minimum atomic E-state index is -0.373. The van der Waals surface area contributed by atoms with Gasteiger partial charge in [0.2, 0.25) is 11.8 Å². The molecule has 2 rings (SSSR count). The topological polar surface area (TPSA) is 58.6 Å². The van der Waals surface area contributed by atoms with Gasteiger partial charge in [-0.05, 0) is 18.8 Å². The number of nitrogens with one attached hydrogen (secondary N) is 1. The van der Waals surface area contributed by atoms with Crippen molar-refractivity contribution in [3.63, 3.8) is 0 Å². The van der Waals surface area contributed by atoms with Crippen molar-refractivity contribution in [3.05, 3.63) is 0 Å². The fourth-order valence-corrected chi connectivity index (χ4v) is 2.77. The van der Waals surface area contributed by atoms with Gasteiger partial charge in [-0.15, -0.1) is 0 Å². The van der Waals surface area contributed by atoms with Gasteiger partial charge in [0, 0.05) is 19.6 Å². The quantitative estimate of drug-likeness (QED) is 0.828. The standard InChI is InChI=1S/C14H24N2O3/c1-3-10(2)13-14(18)16(7-6-12(17)15-13)11-5-4-8-19-9-11/h10-11,13H,3-9H2,1-2H3,(H,15,17). The number of hydrogen-bond acceptors (Lipinski definition) is 3. The van der Waals surface area contributed by atoms with E-state index in [0.717, 1.165) is 25.9 Å². The zero-order valence-corrected chi connectivity index (χ0v) is 11.9. The van der Waals surface area contributed by atoms with Gasteiger partial charge in [-0.3, -0.25) is 9.59 Å². The Morgan fingerprint density at radius 2 is 2.26 bits per heavy atom. The lowest BCUT2D eigenvalue weighted by molar-refractivity contribution is -0.139. The van der Waals surface area contributed by atoms with Crippen LogP contribution >= 0.6 is 0 Å². The van der Waals surface area contributed by atoms with Crippen LogP contribution in [0.15, 0.2) is 0 Å². The van der Waals surface area contributed by atoms with Gasteiger partial charge < -0.3 is 15.0 Å². The highest BCUT2D eigenvalue weighted by molar-refractivity contribution is 5.90. The Balaban J connectivity index is 2.13. The lowest BCUT2D eigenvalue weighted by Gasteiger charge is -2.35. The van der Waals surface area contributed by atoms with Gasteiger partial charge in [0.1, 0.15) is 6.04 Å². The fourth-order valence-electron chi connectivity index (χ4n) is 2.77. The molecule has 2 heterocycles. The monoisotopic (exact) mass is 268 g/mol. The average molecular weight is 268 g/mol. The van der Waals surface area contributed by atoms with E-state index in [1.165, 1.54) is 0 Å². The summed E-state index contributed by atoms with van der Waals surface area (Å²) in [5.41, 5.74) is 0. The van der Waals surface area contributed by atoms with Gasteiger partial charge in [0.05, 0.1) is 12.6 Å². The van der Waals surface area contributed by atoms with Gasteiger partial charge >= 0.3 is 0 Å². The molecule has 0 aromatic heterocycles. The molecular formula is C14H24N2O3. The van der Waals surface area contributed by atoms with Crippen LogP contribution in [-0.4, -0.2) is 48.6 Å². The molecule has 0 saturated carbocycles. The molecule has 3 unspecified atom stereocenters. The first-order chi connectivity index (χ1) is 9.13. The third-order valence-corrected chi connectivity index (χ3v) is 4.24. The lowest BCUT2D eigenvalue weighted by atomic mass is 9.97. The second-order valence-corrected chi connectivity index (χ2v) is 5.58. The molecule has 2 amide bonds. The Labute approximate surface area is 114 Å². The van der Waals surface area contributed by atoms with Crippen molar-refractivity contribution in [3.8, 4) is 0 Å². The molecule has 0 aliphatic carbocycles. The summed E-state index contributed by atoms with van der Waals surface area (Å²) in [6.45, 7) is 5.97. The highest BCUT2D eigenvalue weighted by Crippen LogP contribution is 2.20. The minimum absolute atomic E-state index is 0.0159. The second kappa shape index (κ2) is 6.37. The van der Waals surface area contributed by atoms with Crippen LogP contribution in [0.4, 0.5) is 0 Å². The molecule has 0 spiro atoms. The first-order valence-corrected chi connectivity index (χ1v) is 7.31. The highest BCUT2D eigenvalue weighted by Gasteiger charge is 2.36. The fraction of sp³-hybridized carbons (Fsp3) is 0.857. The Bertz CT molecular complexity index is 340. The van der Waals surface area contributed by atoms with E-state index in [0.29, 0.717) is 19.6 Å². The Morgan fingerprint density at radius 3 is 2.89 bits per heavy atom. The van der Waals surface area contributed by atoms with E-state index < -0.39 is 0 Å². The van der Waals surface area contributed by atoms with Crippen molar-refractivity contribution in [2.75, 3.05) is 19.8 Å². The van der Waals surface area contributed by atoms with Crippen LogP contribution in [0, 0.1) is 5.92 Å². The molecule has 3 atom stereocenters. The van der Waals surface area contributed by atoms with E-state index in [1.807, 2.05) is 18.7 Å². The number of carbonyl (C=O) groups is 2. The Hall–Kier alpha value is -1.10. The molecule has 108 valence electrons. The molecule has 2 saturated heterocycles. The van der Waals surface area contributed by atoms with E-state index in [2.05, 4.69) is 5.32 Å². The predicted octanol–water partition coefficient (Wildman–Crippen LogP) is 0.929. The number of ether oxygens (including phenoxy) is 1. The second-order valence-electron chi connectivity index (χ2n) is 5.58. The first-order valence-electron chi connectivity index (χ1n) is 7.31. The summed E-state index contributed by atoms with van der Waals surface area (Å²) in [5, 5.41) is 2.88. The van der Waals surface area contributed by atoms with Crippen LogP contribution in [-0.2, 0) is 14.3 Å². The maximum absolute atomic E-state index is 12.6. The van der Waals surface area contributed by atoms with Crippen molar-refractivity contribution in [2.45, 2.75) is 51.6 Å². The number of amides is 2. The van der Waals surface area contributed by atoms with Crippen LogP contribution in [0.25, 0.3) is 0 Å². The molecule has 0 aromatic rings. The number of rotatable bonds is 3. The normalized spacial score (nSPS) is 30.7. The van der Waals surface area contributed by atoms with Crippen LogP contribution < -0.4 is 5.32 Å². The summed E-state index contributed by atoms with van der Waals surface area (Å²) < 4.78 is 5.47. The molecule has 2 aliphatic heterocycles. The smallest absolute Gasteiger partial charge is 0.245 e. The summed E-state index contributed by atoms with van der Waals surface area (Å²) in [6, 6.07) is -0.234. The van der Waals surface area contributed by atoms with Crippen LogP contribution in [0.1, 0.15) is 39.5 Å². The van der Waals surface area contributed by atoms with Crippen molar-refractivity contribution in [1.29, 1.82) is 0 Å². The number of nitrogens with zero attached hydrogens (tertiary/aromatic N) is 1. The summed E-state index contributed by atoms with van der Waals surface area (Å²) in [5.74, 6) is 0.218. The first kappa shape index (κ1) is 14.3. The Kier molecular flexibility index (Phi) is 4.80. The maximum Gasteiger partial charge on any atom is 0.245 e. The molecule has 5 nitrogen and oxygen atoms in total. The van der Waals surface area contributed by atoms with Gasteiger partial charge in [0.25, 0.3) is 0 Å². The van der Waals surface area contributed by atoms with E-state index in [1.54, 1.807) is 0 Å².